The maximum Gasteiger partial charge on any atom is 0.247 e. The second-order valence-electron chi connectivity index (χ2n) is 14.9. The highest BCUT2D eigenvalue weighted by Crippen LogP contribution is 2.41. The Hall–Kier alpha value is -8.09. The van der Waals surface area contributed by atoms with Crippen molar-refractivity contribution in [2.24, 2.45) is 0 Å². The van der Waals surface area contributed by atoms with Crippen LogP contribution in [0.25, 0.3) is 99.2 Å². The van der Waals surface area contributed by atoms with Crippen LogP contribution in [0, 0.1) is 0 Å². The van der Waals surface area contributed by atoms with Gasteiger partial charge in [0.25, 0.3) is 0 Å². The van der Waals surface area contributed by atoms with Crippen LogP contribution in [-0.4, -0.2) is 15.2 Å². The maximum atomic E-state index is 6.12. The molecule has 0 radical (unpaired) electrons. The lowest BCUT2D eigenvalue weighted by atomic mass is 9.96. The summed E-state index contributed by atoms with van der Waals surface area (Å²) >= 11 is 0. The van der Waals surface area contributed by atoms with Crippen molar-refractivity contribution in [3.8, 4) is 33.7 Å². The summed E-state index contributed by atoms with van der Waals surface area (Å²) in [6.45, 7) is 0. The Labute approximate surface area is 338 Å². The van der Waals surface area contributed by atoms with E-state index >= 15 is 0 Å². The van der Waals surface area contributed by atoms with Crippen LogP contribution in [0.2, 0.25) is 0 Å². The van der Waals surface area contributed by atoms with Crippen LogP contribution < -0.4 is 4.90 Å². The molecular weight excluding hydrogens is 725 g/mol. The van der Waals surface area contributed by atoms with Crippen molar-refractivity contribution in [1.82, 2.24) is 15.2 Å². The third kappa shape index (κ3) is 5.61. The van der Waals surface area contributed by atoms with Crippen molar-refractivity contribution in [1.29, 1.82) is 0 Å². The molecule has 6 heteroatoms. The zero-order valence-corrected chi connectivity index (χ0v) is 31.6. The molecule has 0 atom stereocenters. The summed E-state index contributed by atoms with van der Waals surface area (Å²) in [4.78, 5) is 7.04. The molecule has 0 amide bonds. The molecule has 0 saturated heterocycles. The fourth-order valence-electron chi connectivity index (χ4n) is 8.52. The number of aromatic nitrogens is 3. The van der Waals surface area contributed by atoms with E-state index in [0.29, 0.717) is 11.6 Å². The normalized spacial score (nSPS) is 11.7. The SMILES string of the molecule is c1ccc2cc(-c3ccc4c(ccc5cc(N(c6ccc(-c7nc8ccccc8o7)cc6)c6ccc(-c7cnnc8oc9ccccc9c78)cc6)ccc54)c3)ccc2c1. The summed E-state index contributed by atoms with van der Waals surface area (Å²) < 4.78 is 12.2. The van der Waals surface area contributed by atoms with Crippen LogP contribution in [0.5, 0.6) is 0 Å². The van der Waals surface area contributed by atoms with E-state index in [4.69, 9.17) is 13.8 Å². The van der Waals surface area contributed by atoms with E-state index in [2.05, 4.69) is 161 Å². The van der Waals surface area contributed by atoms with E-state index < -0.39 is 0 Å². The van der Waals surface area contributed by atoms with Gasteiger partial charge in [-0.05, 0) is 128 Å². The number of nitrogens with zero attached hydrogens (tertiary/aromatic N) is 4. The van der Waals surface area contributed by atoms with Gasteiger partial charge in [-0.3, -0.25) is 0 Å². The summed E-state index contributed by atoms with van der Waals surface area (Å²) in [6, 6.07) is 66.2. The molecule has 6 nitrogen and oxygen atoms in total. The summed E-state index contributed by atoms with van der Waals surface area (Å²) in [5, 5.41) is 17.9. The van der Waals surface area contributed by atoms with E-state index in [1.165, 1.54) is 38.1 Å². The number of hydrogen-bond donors (Lipinski definition) is 0. The standard InChI is InChI=1S/C53H32N4O2/c1-2-8-36-29-37(14-13-33(36)7-1)38-21-27-44-39(30-38)15-16-40-31-43(26-28-45(40)44)57(42-24-19-35(20-25-42)52-55-48-10-4-6-12-50(48)59-52)41-22-17-34(18-23-41)47-32-54-56-53-51(47)46-9-3-5-11-49(46)58-53/h1-32H. The lowest BCUT2D eigenvalue weighted by Crippen LogP contribution is -2.10. The van der Waals surface area contributed by atoms with Crippen molar-refractivity contribution in [3.63, 3.8) is 0 Å². The van der Waals surface area contributed by atoms with Crippen molar-refractivity contribution in [3.05, 3.63) is 194 Å². The molecular formula is C53H32N4O2. The number of hydrogen-bond acceptors (Lipinski definition) is 6. The molecule has 3 heterocycles. The van der Waals surface area contributed by atoms with E-state index in [9.17, 15) is 0 Å². The van der Waals surface area contributed by atoms with Crippen molar-refractivity contribution in [2.45, 2.75) is 0 Å². The topological polar surface area (TPSA) is 68.2 Å². The number of anilines is 3. The lowest BCUT2D eigenvalue weighted by molar-refractivity contribution is 0.620. The van der Waals surface area contributed by atoms with E-state index in [0.717, 1.165) is 66.6 Å². The fourth-order valence-corrected chi connectivity index (χ4v) is 8.52. The van der Waals surface area contributed by atoms with Crippen molar-refractivity contribution < 1.29 is 8.83 Å². The number of oxazole rings is 1. The Morgan fingerprint density at radius 3 is 1.80 bits per heavy atom. The third-order valence-electron chi connectivity index (χ3n) is 11.4. The minimum absolute atomic E-state index is 0.530. The van der Waals surface area contributed by atoms with Crippen LogP contribution in [0.15, 0.2) is 203 Å². The number of benzene rings is 9. The Balaban J connectivity index is 0.950. The Kier molecular flexibility index (Phi) is 7.43. The monoisotopic (exact) mass is 756 g/mol. The number of fused-ring (bicyclic) bond motifs is 8. The smallest absolute Gasteiger partial charge is 0.247 e. The van der Waals surface area contributed by atoms with Crippen LogP contribution in [0.4, 0.5) is 17.1 Å². The largest absolute Gasteiger partial charge is 0.436 e. The average Bonchev–Trinajstić information content (AvgIpc) is 3.91. The van der Waals surface area contributed by atoms with Gasteiger partial charge in [-0.25, -0.2) is 4.98 Å². The number of furan rings is 1. The highest BCUT2D eigenvalue weighted by Gasteiger charge is 2.18. The zero-order chi connectivity index (χ0) is 38.9. The first-order chi connectivity index (χ1) is 29.2. The van der Waals surface area contributed by atoms with E-state index in [1.807, 2.05) is 48.7 Å². The predicted molar refractivity (Wildman–Crippen MR) is 240 cm³/mol. The Morgan fingerprint density at radius 2 is 1.00 bits per heavy atom. The van der Waals surface area contributed by atoms with Gasteiger partial charge in [0.2, 0.25) is 11.6 Å². The summed E-state index contributed by atoms with van der Waals surface area (Å²) in [5.41, 5.74) is 11.3. The van der Waals surface area contributed by atoms with Gasteiger partial charge in [0.1, 0.15) is 11.1 Å². The molecule has 0 unspecified atom stereocenters. The minimum atomic E-state index is 0.530. The van der Waals surface area contributed by atoms with Gasteiger partial charge < -0.3 is 13.7 Å². The molecule has 0 aliphatic heterocycles. The molecule has 9 aromatic carbocycles. The molecule has 12 rings (SSSR count). The van der Waals surface area contributed by atoms with Crippen LogP contribution in [-0.2, 0) is 0 Å². The molecule has 0 saturated carbocycles. The second-order valence-corrected chi connectivity index (χ2v) is 14.9. The second kappa shape index (κ2) is 13.3. The minimum Gasteiger partial charge on any atom is -0.436 e. The van der Waals surface area contributed by atoms with Gasteiger partial charge >= 0.3 is 0 Å². The molecule has 3 aromatic heterocycles. The van der Waals surface area contributed by atoms with Crippen LogP contribution in [0.1, 0.15) is 0 Å². The first-order valence-electron chi connectivity index (χ1n) is 19.7. The molecule has 59 heavy (non-hydrogen) atoms. The summed E-state index contributed by atoms with van der Waals surface area (Å²) in [7, 11) is 0. The first kappa shape index (κ1) is 33.1. The maximum absolute atomic E-state index is 6.12. The van der Waals surface area contributed by atoms with Gasteiger partial charge in [-0.1, -0.05) is 109 Å². The van der Waals surface area contributed by atoms with Gasteiger partial charge in [0.05, 0.1) is 11.6 Å². The molecule has 276 valence electrons. The fraction of sp³-hybridized carbons (Fsp3) is 0. The Morgan fingerprint density at radius 1 is 0.407 bits per heavy atom. The summed E-state index contributed by atoms with van der Waals surface area (Å²) in [6.07, 6.45) is 1.82. The highest BCUT2D eigenvalue weighted by molar-refractivity contribution is 6.11. The molecule has 0 aliphatic rings. The molecule has 12 aromatic rings. The lowest BCUT2D eigenvalue weighted by Gasteiger charge is -2.26. The van der Waals surface area contributed by atoms with Gasteiger partial charge in [0.15, 0.2) is 5.58 Å². The quantitative estimate of drug-likeness (QED) is 0.157. The number of para-hydroxylation sites is 3. The van der Waals surface area contributed by atoms with Gasteiger partial charge in [-0.15, -0.1) is 5.10 Å². The van der Waals surface area contributed by atoms with Crippen LogP contribution in [0.3, 0.4) is 0 Å². The Bertz CT molecular complexity index is 3540. The zero-order valence-electron chi connectivity index (χ0n) is 31.6. The summed E-state index contributed by atoms with van der Waals surface area (Å²) in [5.74, 6) is 0.596. The van der Waals surface area contributed by atoms with Gasteiger partial charge in [-0.2, -0.15) is 5.10 Å². The highest BCUT2D eigenvalue weighted by atomic mass is 16.3. The van der Waals surface area contributed by atoms with Crippen molar-refractivity contribution in [2.75, 3.05) is 4.90 Å². The van der Waals surface area contributed by atoms with E-state index in [-0.39, 0.29) is 0 Å². The molecule has 0 N–H and O–H groups in total. The first-order valence-corrected chi connectivity index (χ1v) is 19.7. The van der Waals surface area contributed by atoms with E-state index in [1.54, 1.807) is 0 Å². The third-order valence-corrected chi connectivity index (χ3v) is 11.4. The number of rotatable bonds is 6. The van der Waals surface area contributed by atoms with Crippen molar-refractivity contribution >= 4 is 82.5 Å². The molecule has 0 bridgehead atoms. The molecule has 0 aliphatic carbocycles. The average molecular weight is 757 g/mol. The molecule has 0 fully saturated rings. The van der Waals surface area contributed by atoms with Crippen LogP contribution >= 0.6 is 0 Å². The molecule has 0 spiro atoms. The predicted octanol–water partition coefficient (Wildman–Crippen LogP) is 14.4. The van der Waals surface area contributed by atoms with Gasteiger partial charge in [0, 0.05) is 33.6 Å².